The SMILES string of the molecule is CCOC(C#N)c1cc(OC)cc(OC)c1. The Kier molecular flexibility index (Phi) is 4.62. The highest BCUT2D eigenvalue weighted by Gasteiger charge is 2.12. The fraction of sp³-hybridized carbons (Fsp3) is 0.417. The Morgan fingerprint density at radius 3 is 2.12 bits per heavy atom. The van der Waals surface area contributed by atoms with Crippen LogP contribution in [0.15, 0.2) is 18.2 Å². The molecule has 1 atom stereocenters. The lowest BCUT2D eigenvalue weighted by Crippen LogP contribution is -2.02. The van der Waals surface area contributed by atoms with Gasteiger partial charge in [-0.15, -0.1) is 0 Å². The summed E-state index contributed by atoms with van der Waals surface area (Å²) in [5.41, 5.74) is 0.737. The van der Waals surface area contributed by atoms with Crippen LogP contribution in [0.25, 0.3) is 0 Å². The van der Waals surface area contributed by atoms with Gasteiger partial charge in [0.2, 0.25) is 0 Å². The molecule has 1 aromatic rings. The second-order valence-corrected chi connectivity index (χ2v) is 3.11. The van der Waals surface area contributed by atoms with E-state index in [9.17, 15) is 0 Å². The monoisotopic (exact) mass is 221 g/mol. The first kappa shape index (κ1) is 12.3. The molecule has 4 heteroatoms. The van der Waals surface area contributed by atoms with Gasteiger partial charge in [0, 0.05) is 18.2 Å². The van der Waals surface area contributed by atoms with E-state index in [1.807, 2.05) is 6.92 Å². The summed E-state index contributed by atoms with van der Waals surface area (Å²) >= 11 is 0. The van der Waals surface area contributed by atoms with E-state index in [1.165, 1.54) is 0 Å². The molecule has 1 rings (SSSR count). The Labute approximate surface area is 95.4 Å². The zero-order valence-electron chi connectivity index (χ0n) is 9.69. The van der Waals surface area contributed by atoms with Crippen LogP contribution in [0.4, 0.5) is 0 Å². The van der Waals surface area contributed by atoms with Crippen molar-refractivity contribution < 1.29 is 14.2 Å². The molecule has 0 bridgehead atoms. The first-order valence-corrected chi connectivity index (χ1v) is 4.99. The molecule has 1 aromatic carbocycles. The highest BCUT2D eigenvalue weighted by molar-refractivity contribution is 5.40. The third-order valence-corrected chi connectivity index (χ3v) is 2.13. The largest absolute Gasteiger partial charge is 0.497 e. The second-order valence-electron chi connectivity index (χ2n) is 3.11. The summed E-state index contributed by atoms with van der Waals surface area (Å²) in [5, 5.41) is 8.98. The van der Waals surface area contributed by atoms with Crippen molar-refractivity contribution in [1.82, 2.24) is 0 Å². The molecule has 0 aromatic heterocycles. The molecule has 0 amide bonds. The molecule has 0 saturated carbocycles. The van der Waals surface area contributed by atoms with Crippen LogP contribution in [0.5, 0.6) is 11.5 Å². The minimum Gasteiger partial charge on any atom is -0.497 e. The van der Waals surface area contributed by atoms with E-state index >= 15 is 0 Å². The smallest absolute Gasteiger partial charge is 0.169 e. The first-order chi connectivity index (χ1) is 7.74. The maximum Gasteiger partial charge on any atom is 0.169 e. The van der Waals surface area contributed by atoms with Gasteiger partial charge in [0.05, 0.1) is 20.3 Å². The summed E-state index contributed by atoms with van der Waals surface area (Å²) in [6.07, 6.45) is -0.589. The van der Waals surface area contributed by atoms with Gasteiger partial charge in [-0.25, -0.2) is 0 Å². The van der Waals surface area contributed by atoms with Crippen molar-refractivity contribution in [3.8, 4) is 17.6 Å². The highest BCUT2D eigenvalue weighted by Crippen LogP contribution is 2.27. The maximum atomic E-state index is 8.98. The third kappa shape index (κ3) is 2.88. The summed E-state index contributed by atoms with van der Waals surface area (Å²) in [5.74, 6) is 1.30. The van der Waals surface area contributed by atoms with Gasteiger partial charge in [-0.05, 0) is 19.1 Å². The predicted molar refractivity (Wildman–Crippen MR) is 59.5 cm³/mol. The fourth-order valence-electron chi connectivity index (χ4n) is 1.36. The van der Waals surface area contributed by atoms with E-state index in [2.05, 4.69) is 6.07 Å². The van der Waals surface area contributed by atoms with Crippen molar-refractivity contribution in [1.29, 1.82) is 5.26 Å². The van der Waals surface area contributed by atoms with Crippen LogP contribution in [0.1, 0.15) is 18.6 Å². The molecule has 1 unspecified atom stereocenters. The summed E-state index contributed by atoms with van der Waals surface area (Å²) in [7, 11) is 3.14. The molecule has 16 heavy (non-hydrogen) atoms. The molecule has 0 aliphatic heterocycles. The predicted octanol–water partition coefficient (Wildman–Crippen LogP) is 2.30. The number of rotatable bonds is 5. The van der Waals surface area contributed by atoms with E-state index < -0.39 is 6.10 Å². The molecule has 0 aliphatic rings. The van der Waals surface area contributed by atoms with Gasteiger partial charge in [0.25, 0.3) is 0 Å². The molecule has 0 saturated heterocycles. The molecular formula is C12H15NO3. The number of nitrogens with zero attached hydrogens (tertiary/aromatic N) is 1. The Balaban J connectivity index is 3.06. The van der Waals surface area contributed by atoms with Gasteiger partial charge in [-0.3, -0.25) is 0 Å². The van der Waals surface area contributed by atoms with Crippen LogP contribution in [0.2, 0.25) is 0 Å². The van der Waals surface area contributed by atoms with Crippen LogP contribution in [-0.4, -0.2) is 20.8 Å². The Morgan fingerprint density at radius 2 is 1.75 bits per heavy atom. The van der Waals surface area contributed by atoms with Crippen molar-refractivity contribution >= 4 is 0 Å². The minimum absolute atomic E-state index is 0.484. The lowest BCUT2D eigenvalue weighted by Gasteiger charge is -2.12. The minimum atomic E-state index is -0.589. The van der Waals surface area contributed by atoms with Crippen molar-refractivity contribution in [3.63, 3.8) is 0 Å². The van der Waals surface area contributed by atoms with Crippen LogP contribution in [0.3, 0.4) is 0 Å². The Morgan fingerprint density at radius 1 is 1.19 bits per heavy atom. The molecular weight excluding hydrogens is 206 g/mol. The Bertz CT molecular complexity index is 362. The fourth-order valence-corrected chi connectivity index (χ4v) is 1.36. The summed E-state index contributed by atoms with van der Waals surface area (Å²) in [4.78, 5) is 0. The standard InChI is InChI=1S/C12H15NO3/c1-4-16-12(8-13)9-5-10(14-2)7-11(6-9)15-3/h5-7,12H,4H2,1-3H3. The highest BCUT2D eigenvalue weighted by atomic mass is 16.5. The number of methoxy groups -OCH3 is 2. The number of nitriles is 1. The van der Waals surface area contributed by atoms with Crippen molar-refractivity contribution in [2.75, 3.05) is 20.8 Å². The first-order valence-electron chi connectivity index (χ1n) is 4.99. The normalized spacial score (nSPS) is 11.6. The molecule has 0 N–H and O–H groups in total. The van der Waals surface area contributed by atoms with E-state index in [0.717, 1.165) is 5.56 Å². The molecule has 0 aliphatic carbocycles. The number of ether oxygens (including phenoxy) is 3. The molecule has 86 valence electrons. The number of benzene rings is 1. The average Bonchev–Trinajstić information content (AvgIpc) is 2.35. The van der Waals surface area contributed by atoms with Gasteiger partial charge >= 0.3 is 0 Å². The third-order valence-electron chi connectivity index (χ3n) is 2.13. The zero-order valence-corrected chi connectivity index (χ0v) is 9.69. The topological polar surface area (TPSA) is 51.5 Å². The molecule has 0 radical (unpaired) electrons. The summed E-state index contributed by atoms with van der Waals surface area (Å²) < 4.78 is 15.6. The number of hydrogen-bond donors (Lipinski definition) is 0. The molecule has 4 nitrogen and oxygen atoms in total. The van der Waals surface area contributed by atoms with Crippen LogP contribution >= 0.6 is 0 Å². The lowest BCUT2D eigenvalue weighted by atomic mass is 10.1. The van der Waals surface area contributed by atoms with E-state index in [4.69, 9.17) is 19.5 Å². The van der Waals surface area contributed by atoms with Gasteiger partial charge in [0.1, 0.15) is 11.5 Å². The van der Waals surface area contributed by atoms with E-state index in [-0.39, 0.29) is 0 Å². The Hall–Kier alpha value is -1.73. The lowest BCUT2D eigenvalue weighted by molar-refractivity contribution is 0.102. The van der Waals surface area contributed by atoms with E-state index in [1.54, 1.807) is 32.4 Å². The van der Waals surface area contributed by atoms with Gasteiger partial charge < -0.3 is 14.2 Å². The summed E-state index contributed by atoms with van der Waals surface area (Å²) in [6.45, 7) is 2.33. The number of hydrogen-bond acceptors (Lipinski definition) is 4. The molecule has 0 fully saturated rings. The van der Waals surface area contributed by atoms with Gasteiger partial charge in [0.15, 0.2) is 6.10 Å². The molecule has 0 spiro atoms. The quantitative estimate of drug-likeness (QED) is 0.765. The molecule has 0 heterocycles. The van der Waals surface area contributed by atoms with Crippen LogP contribution in [0, 0.1) is 11.3 Å². The average molecular weight is 221 g/mol. The van der Waals surface area contributed by atoms with Crippen LogP contribution in [-0.2, 0) is 4.74 Å². The van der Waals surface area contributed by atoms with Crippen molar-refractivity contribution in [2.45, 2.75) is 13.0 Å². The zero-order chi connectivity index (χ0) is 12.0. The maximum absolute atomic E-state index is 8.98. The van der Waals surface area contributed by atoms with E-state index in [0.29, 0.717) is 18.1 Å². The van der Waals surface area contributed by atoms with Gasteiger partial charge in [-0.1, -0.05) is 0 Å². The van der Waals surface area contributed by atoms with Crippen molar-refractivity contribution in [3.05, 3.63) is 23.8 Å². The second kappa shape index (κ2) is 5.99. The summed E-state index contributed by atoms with van der Waals surface area (Å²) in [6, 6.07) is 7.38. The van der Waals surface area contributed by atoms with Crippen LogP contribution < -0.4 is 9.47 Å². The van der Waals surface area contributed by atoms with Crippen molar-refractivity contribution in [2.24, 2.45) is 0 Å². The van der Waals surface area contributed by atoms with Gasteiger partial charge in [-0.2, -0.15) is 5.26 Å².